The molecule has 1 nitrogen and oxygen atoms in total. The van der Waals surface area contributed by atoms with Crippen molar-refractivity contribution in [2.24, 2.45) is 5.73 Å². The van der Waals surface area contributed by atoms with Gasteiger partial charge in [-0.1, -0.05) is 19.1 Å². The molecule has 64 valence electrons. The van der Waals surface area contributed by atoms with Gasteiger partial charge in [0.1, 0.15) is 5.82 Å². The molecule has 1 aromatic carbocycles. The summed E-state index contributed by atoms with van der Waals surface area (Å²) in [5.74, 6) is -0.184. The summed E-state index contributed by atoms with van der Waals surface area (Å²) in [5.41, 5.74) is 7.03. The quantitative estimate of drug-likeness (QED) is 0.674. The molecule has 1 aliphatic carbocycles. The second-order valence-corrected chi connectivity index (χ2v) is 3.73. The van der Waals surface area contributed by atoms with Gasteiger partial charge in [-0.25, -0.2) is 4.39 Å². The van der Waals surface area contributed by atoms with E-state index in [0.29, 0.717) is 0 Å². The Labute approximate surface area is 71.4 Å². The van der Waals surface area contributed by atoms with Gasteiger partial charge < -0.3 is 5.73 Å². The summed E-state index contributed by atoms with van der Waals surface area (Å²) in [4.78, 5) is 0. The van der Waals surface area contributed by atoms with Crippen molar-refractivity contribution >= 4 is 0 Å². The molecule has 0 unspecified atom stereocenters. The predicted molar refractivity (Wildman–Crippen MR) is 46.3 cm³/mol. The van der Waals surface area contributed by atoms with E-state index in [1.54, 1.807) is 0 Å². The van der Waals surface area contributed by atoms with Crippen molar-refractivity contribution < 1.29 is 4.39 Å². The topological polar surface area (TPSA) is 26.0 Å². The lowest BCUT2D eigenvalue weighted by Gasteiger charge is -2.08. The average Bonchev–Trinajstić information content (AvgIpc) is 2.62. The molecule has 0 spiro atoms. The summed E-state index contributed by atoms with van der Waals surface area (Å²) in [6, 6.07) is 6.88. The maximum absolute atomic E-state index is 12.6. The summed E-state index contributed by atoms with van der Waals surface area (Å²) >= 11 is 0. The zero-order valence-corrected chi connectivity index (χ0v) is 7.05. The van der Waals surface area contributed by atoms with E-state index in [2.05, 4.69) is 6.92 Å². The maximum atomic E-state index is 12.6. The molecule has 0 aromatic heterocycles. The first-order valence-electron chi connectivity index (χ1n) is 4.14. The number of rotatable bonds is 1. The summed E-state index contributed by atoms with van der Waals surface area (Å²) < 4.78 is 12.6. The molecule has 2 rings (SSSR count). The van der Waals surface area contributed by atoms with Gasteiger partial charge in [-0.2, -0.15) is 0 Å². The molecular formula is C10H12FN. The van der Waals surface area contributed by atoms with Crippen LogP contribution in [0.1, 0.15) is 18.9 Å². The standard InChI is InChI=1S/C10H12FN/c1-10(6-9(10)12)7-2-4-8(11)5-3-7/h2-5,9H,6,12H2,1H3/t9-,10+/m0/s1. The SMILES string of the molecule is C[C@]1(c2ccc(F)cc2)C[C@@H]1N. The molecule has 1 aliphatic rings. The third-order valence-electron chi connectivity index (χ3n) is 2.81. The first-order chi connectivity index (χ1) is 5.63. The Morgan fingerprint density at radius 3 is 2.33 bits per heavy atom. The minimum absolute atomic E-state index is 0.105. The van der Waals surface area contributed by atoms with Gasteiger partial charge in [0.15, 0.2) is 0 Å². The van der Waals surface area contributed by atoms with E-state index < -0.39 is 0 Å². The van der Waals surface area contributed by atoms with E-state index in [1.165, 1.54) is 12.1 Å². The highest BCUT2D eigenvalue weighted by Gasteiger charge is 2.48. The molecule has 12 heavy (non-hydrogen) atoms. The molecule has 2 heteroatoms. The summed E-state index contributed by atoms with van der Waals surface area (Å²) in [6.07, 6.45) is 1.01. The highest BCUT2D eigenvalue weighted by atomic mass is 19.1. The van der Waals surface area contributed by atoms with Crippen LogP contribution >= 0.6 is 0 Å². The fraction of sp³-hybridized carbons (Fsp3) is 0.400. The Morgan fingerprint density at radius 1 is 1.42 bits per heavy atom. The smallest absolute Gasteiger partial charge is 0.123 e. The van der Waals surface area contributed by atoms with Crippen LogP contribution in [-0.4, -0.2) is 6.04 Å². The highest BCUT2D eigenvalue weighted by molar-refractivity contribution is 5.34. The minimum Gasteiger partial charge on any atom is -0.327 e. The van der Waals surface area contributed by atoms with Crippen LogP contribution < -0.4 is 5.73 Å². The van der Waals surface area contributed by atoms with Crippen LogP contribution in [0.3, 0.4) is 0 Å². The van der Waals surface area contributed by atoms with Crippen LogP contribution in [-0.2, 0) is 5.41 Å². The number of hydrogen-bond donors (Lipinski definition) is 1. The normalized spacial score (nSPS) is 33.4. The third kappa shape index (κ3) is 1.03. The van der Waals surface area contributed by atoms with E-state index in [-0.39, 0.29) is 17.3 Å². The lowest BCUT2D eigenvalue weighted by atomic mass is 9.98. The molecule has 0 amide bonds. The predicted octanol–water partition coefficient (Wildman–Crippen LogP) is 1.81. The van der Waals surface area contributed by atoms with Gasteiger partial charge in [-0.15, -0.1) is 0 Å². The first kappa shape index (κ1) is 7.74. The fourth-order valence-electron chi connectivity index (χ4n) is 1.56. The Morgan fingerprint density at radius 2 is 1.92 bits per heavy atom. The second kappa shape index (κ2) is 2.30. The minimum atomic E-state index is -0.184. The van der Waals surface area contributed by atoms with Crippen LogP contribution in [0.5, 0.6) is 0 Å². The molecule has 0 bridgehead atoms. The van der Waals surface area contributed by atoms with Crippen molar-refractivity contribution in [1.29, 1.82) is 0 Å². The lowest BCUT2D eigenvalue weighted by Crippen LogP contribution is -2.14. The Kier molecular flexibility index (Phi) is 1.48. The zero-order valence-electron chi connectivity index (χ0n) is 7.05. The molecule has 1 saturated carbocycles. The molecule has 0 saturated heterocycles. The van der Waals surface area contributed by atoms with Gasteiger partial charge in [-0.05, 0) is 24.1 Å². The van der Waals surface area contributed by atoms with Crippen LogP contribution in [0, 0.1) is 5.82 Å². The molecule has 2 N–H and O–H groups in total. The second-order valence-electron chi connectivity index (χ2n) is 3.73. The Balaban J connectivity index is 2.31. The first-order valence-corrected chi connectivity index (χ1v) is 4.14. The number of nitrogens with two attached hydrogens (primary N) is 1. The van der Waals surface area contributed by atoms with E-state index in [4.69, 9.17) is 5.73 Å². The van der Waals surface area contributed by atoms with E-state index in [9.17, 15) is 4.39 Å². The summed E-state index contributed by atoms with van der Waals surface area (Å²) in [6.45, 7) is 2.12. The van der Waals surface area contributed by atoms with E-state index in [1.807, 2.05) is 12.1 Å². The zero-order chi connectivity index (χ0) is 8.77. The van der Waals surface area contributed by atoms with Crippen LogP contribution in [0.15, 0.2) is 24.3 Å². The molecule has 2 atom stereocenters. The Hall–Kier alpha value is -0.890. The lowest BCUT2D eigenvalue weighted by molar-refractivity contribution is 0.624. The third-order valence-corrected chi connectivity index (χ3v) is 2.81. The van der Waals surface area contributed by atoms with Gasteiger partial charge >= 0.3 is 0 Å². The average molecular weight is 165 g/mol. The van der Waals surface area contributed by atoms with E-state index >= 15 is 0 Å². The van der Waals surface area contributed by atoms with Crippen LogP contribution in [0.4, 0.5) is 4.39 Å². The van der Waals surface area contributed by atoms with Crippen molar-refractivity contribution in [2.75, 3.05) is 0 Å². The molecule has 0 aliphatic heterocycles. The van der Waals surface area contributed by atoms with Gasteiger partial charge in [0.2, 0.25) is 0 Å². The fourth-order valence-corrected chi connectivity index (χ4v) is 1.56. The van der Waals surface area contributed by atoms with Crippen molar-refractivity contribution in [3.05, 3.63) is 35.6 Å². The largest absolute Gasteiger partial charge is 0.327 e. The van der Waals surface area contributed by atoms with E-state index in [0.717, 1.165) is 12.0 Å². The summed E-state index contributed by atoms with van der Waals surface area (Å²) in [7, 11) is 0. The number of benzene rings is 1. The molecular weight excluding hydrogens is 153 g/mol. The highest BCUT2D eigenvalue weighted by Crippen LogP contribution is 2.46. The Bertz CT molecular complexity index is 293. The van der Waals surface area contributed by atoms with Gasteiger partial charge in [0.05, 0.1) is 0 Å². The summed E-state index contributed by atoms with van der Waals surface area (Å²) in [5, 5.41) is 0. The molecule has 0 radical (unpaired) electrons. The van der Waals surface area contributed by atoms with Crippen LogP contribution in [0.25, 0.3) is 0 Å². The van der Waals surface area contributed by atoms with Crippen molar-refractivity contribution in [2.45, 2.75) is 24.8 Å². The number of halogens is 1. The van der Waals surface area contributed by atoms with Crippen LogP contribution in [0.2, 0.25) is 0 Å². The molecule has 1 aromatic rings. The van der Waals surface area contributed by atoms with Gasteiger partial charge in [0.25, 0.3) is 0 Å². The molecule has 0 heterocycles. The van der Waals surface area contributed by atoms with Gasteiger partial charge in [-0.3, -0.25) is 0 Å². The molecule has 1 fully saturated rings. The van der Waals surface area contributed by atoms with Crippen molar-refractivity contribution in [3.63, 3.8) is 0 Å². The maximum Gasteiger partial charge on any atom is 0.123 e. The van der Waals surface area contributed by atoms with Crippen molar-refractivity contribution in [1.82, 2.24) is 0 Å². The van der Waals surface area contributed by atoms with Crippen molar-refractivity contribution in [3.8, 4) is 0 Å². The monoisotopic (exact) mass is 165 g/mol. The van der Waals surface area contributed by atoms with Gasteiger partial charge in [0, 0.05) is 11.5 Å². The number of hydrogen-bond acceptors (Lipinski definition) is 1.